The molecule has 7 heteroatoms. The Morgan fingerprint density at radius 1 is 1.30 bits per heavy atom. The number of benzene rings is 1. The van der Waals surface area contributed by atoms with Crippen molar-refractivity contribution in [3.05, 3.63) is 34.3 Å². The molecule has 5 nitrogen and oxygen atoms in total. The largest absolute Gasteiger partial charge is 0.355 e. The molecule has 1 saturated carbocycles. The minimum absolute atomic E-state index is 0.0437. The monoisotopic (exact) mass is 402 g/mol. The Hall–Kier alpha value is -0.920. The molecule has 1 N–H and O–H groups in total. The van der Waals surface area contributed by atoms with Crippen LogP contribution in [0.3, 0.4) is 0 Å². The van der Waals surface area contributed by atoms with E-state index in [0.717, 1.165) is 22.9 Å². The van der Waals surface area contributed by atoms with Crippen LogP contribution in [0.2, 0.25) is 0 Å². The Kier molecular flexibility index (Phi) is 5.86. The molecule has 1 amide bonds. The van der Waals surface area contributed by atoms with Gasteiger partial charge in [-0.15, -0.1) is 0 Å². The highest BCUT2D eigenvalue weighted by atomic mass is 79.9. The zero-order valence-electron chi connectivity index (χ0n) is 13.5. The van der Waals surface area contributed by atoms with Crippen molar-refractivity contribution < 1.29 is 13.2 Å². The third kappa shape index (κ3) is 4.55. The number of nitrogens with zero attached hydrogens (tertiary/aromatic N) is 1. The SMILES string of the molecule is CCN(CCCNC(=O)C1(c2ccc(Br)cc2)CC1)S(C)(=O)=O. The lowest BCUT2D eigenvalue weighted by Crippen LogP contribution is -2.37. The molecule has 1 aliphatic carbocycles. The van der Waals surface area contributed by atoms with Crippen LogP contribution in [0.25, 0.3) is 0 Å². The van der Waals surface area contributed by atoms with Crippen molar-refractivity contribution in [2.45, 2.75) is 31.6 Å². The molecule has 0 aliphatic heterocycles. The van der Waals surface area contributed by atoms with E-state index < -0.39 is 10.0 Å². The van der Waals surface area contributed by atoms with Crippen molar-refractivity contribution in [2.75, 3.05) is 25.9 Å². The Morgan fingerprint density at radius 3 is 2.39 bits per heavy atom. The normalized spacial score (nSPS) is 16.3. The molecule has 1 fully saturated rings. The molecular formula is C16H23BrN2O3S. The van der Waals surface area contributed by atoms with Crippen molar-refractivity contribution in [1.82, 2.24) is 9.62 Å². The fraction of sp³-hybridized carbons (Fsp3) is 0.562. The summed E-state index contributed by atoms with van der Waals surface area (Å²) in [5.41, 5.74) is 0.659. The average molecular weight is 403 g/mol. The van der Waals surface area contributed by atoms with Gasteiger partial charge >= 0.3 is 0 Å². The van der Waals surface area contributed by atoms with E-state index in [9.17, 15) is 13.2 Å². The summed E-state index contributed by atoms with van der Waals surface area (Å²) in [7, 11) is -3.16. The smallest absolute Gasteiger partial charge is 0.230 e. The molecule has 0 radical (unpaired) electrons. The summed E-state index contributed by atoms with van der Waals surface area (Å²) < 4.78 is 25.4. The zero-order chi connectivity index (χ0) is 17.1. The van der Waals surface area contributed by atoms with Crippen LogP contribution < -0.4 is 5.32 Å². The Morgan fingerprint density at radius 2 is 1.91 bits per heavy atom. The minimum Gasteiger partial charge on any atom is -0.355 e. The summed E-state index contributed by atoms with van der Waals surface area (Å²) in [4.78, 5) is 12.5. The predicted octanol–water partition coefficient (Wildman–Crippen LogP) is 2.27. The van der Waals surface area contributed by atoms with Gasteiger partial charge in [-0.2, -0.15) is 0 Å². The Balaban J connectivity index is 1.85. The molecule has 2 rings (SSSR count). The molecule has 0 spiro atoms. The predicted molar refractivity (Wildman–Crippen MR) is 94.8 cm³/mol. The summed E-state index contributed by atoms with van der Waals surface area (Å²) >= 11 is 3.40. The second-order valence-corrected chi connectivity index (χ2v) is 8.85. The number of rotatable bonds is 8. The first-order valence-electron chi connectivity index (χ1n) is 7.79. The van der Waals surface area contributed by atoms with Gasteiger partial charge in [0.15, 0.2) is 0 Å². The minimum atomic E-state index is -3.16. The van der Waals surface area contributed by atoms with Gasteiger partial charge in [0.2, 0.25) is 15.9 Å². The quantitative estimate of drug-likeness (QED) is 0.678. The lowest BCUT2D eigenvalue weighted by Gasteiger charge is -2.19. The second-order valence-electron chi connectivity index (χ2n) is 5.95. The number of amides is 1. The Bertz CT molecular complexity index is 654. The van der Waals surface area contributed by atoms with E-state index in [0.29, 0.717) is 26.1 Å². The van der Waals surface area contributed by atoms with Gasteiger partial charge < -0.3 is 5.32 Å². The molecule has 0 bridgehead atoms. The molecule has 128 valence electrons. The van der Waals surface area contributed by atoms with Crippen molar-refractivity contribution in [2.24, 2.45) is 0 Å². The fourth-order valence-electron chi connectivity index (χ4n) is 2.73. The molecule has 23 heavy (non-hydrogen) atoms. The maximum atomic E-state index is 12.5. The number of halogens is 1. The summed E-state index contributed by atoms with van der Waals surface area (Å²) in [6, 6.07) is 7.88. The van der Waals surface area contributed by atoms with Gasteiger partial charge in [0.25, 0.3) is 0 Å². The van der Waals surface area contributed by atoms with Crippen molar-refractivity contribution in [3.63, 3.8) is 0 Å². The van der Waals surface area contributed by atoms with Crippen molar-refractivity contribution >= 4 is 31.9 Å². The van der Waals surface area contributed by atoms with Gasteiger partial charge in [-0.25, -0.2) is 12.7 Å². The van der Waals surface area contributed by atoms with Gasteiger partial charge in [-0.05, 0) is 37.0 Å². The van der Waals surface area contributed by atoms with Crippen molar-refractivity contribution in [1.29, 1.82) is 0 Å². The van der Waals surface area contributed by atoms with E-state index in [-0.39, 0.29) is 11.3 Å². The molecule has 1 aliphatic rings. The van der Waals surface area contributed by atoms with E-state index in [1.807, 2.05) is 31.2 Å². The van der Waals surface area contributed by atoms with Crippen LogP contribution in [0.4, 0.5) is 0 Å². The van der Waals surface area contributed by atoms with E-state index in [1.165, 1.54) is 10.6 Å². The molecule has 0 aromatic heterocycles. The van der Waals surface area contributed by atoms with Crippen LogP contribution in [-0.2, 0) is 20.2 Å². The van der Waals surface area contributed by atoms with Crippen LogP contribution in [-0.4, -0.2) is 44.5 Å². The van der Waals surface area contributed by atoms with E-state index in [1.54, 1.807) is 0 Å². The number of hydrogen-bond acceptors (Lipinski definition) is 3. The summed E-state index contributed by atoms with van der Waals surface area (Å²) in [5.74, 6) is 0.0437. The molecule has 0 heterocycles. The first-order valence-corrected chi connectivity index (χ1v) is 10.4. The van der Waals surface area contributed by atoms with Crippen molar-refractivity contribution in [3.8, 4) is 0 Å². The first kappa shape index (κ1) is 18.4. The topological polar surface area (TPSA) is 66.5 Å². The molecule has 1 aromatic rings. The molecule has 1 aromatic carbocycles. The van der Waals surface area contributed by atoms with E-state index >= 15 is 0 Å². The second kappa shape index (κ2) is 7.32. The lowest BCUT2D eigenvalue weighted by atomic mass is 9.95. The van der Waals surface area contributed by atoms with Crippen LogP contribution in [0.15, 0.2) is 28.7 Å². The van der Waals surface area contributed by atoms with Crippen LogP contribution >= 0.6 is 15.9 Å². The van der Waals surface area contributed by atoms with Gasteiger partial charge in [0.05, 0.1) is 11.7 Å². The number of nitrogens with one attached hydrogen (secondary N) is 1. The third-order valence-corrected chi connectivity index (χ3v) is 6.18. The van der Waals surface area contributed by atoms with Crippen LogP contribution in [0, 0.1) is 0 Å². The Labute approximate surface area is 146 Å². The van der Waals surface area contributed by atoms with Crippen LogP contribution in [0.5, 0.6) is 0 Å². The zero-order valence-corrected chi connectivity index (χ0v) is 15.9. The molecule has 0 unspecified atom stereocenters. The van der Waals surface area contributed by atoms with E-state index in [4.69, 9.17) is 0 Å². The number of sulfonamides is 1. The van der Waals surface area contributed by atoms with E-state index in [2.05, 4.69) is 21.2 Å². The highest BCUT2D eigenvalue weighted by molar-refractivity contribution is 9.10. The van der Waals surface area contributed by atoms with Gasteiger partial charge in [0, 0.05) is 24.1 Å². The molecular weight excluding hydrogens is 380 g/mol. The molecule has 0 atom stereocenters. The van der Waals surface area contributed by atoms with Gasteiger partial charge in [-0.1, -0.05) is 35.0 Å². The maximum absolute atomic E-state index is 12.5. The standard InChI is InChI=1S/C16H23BrN2O3S/c1-3-19(23(2,21)22)12-4-11-18-15(20)16(9-10-16)13-5-7-14(17)8-6-13/h5-8H,3-4,9-12H2,1-2H3,(H,18,20). The summed E-state index contributed by atoms with van der Waals surface area (Å²) in [6.45, 7) is 3.19. The highest BCUT2D eigenvalue weighted by Crippen LogP contribution is 2.48. The molecule has 0 saturated heterocycles. The first-order chi connectivity index (χ1) is 10.8. The highest BCUT2D eigenvalue weighted by Gasteiger charge is 2.50. The average Bonchev–Trinajstić information content (AvgIpc) is 3.28. The van der Waals surface area contributed by atoms with Crippen LogP contribution in [0.1, 0.15) is 31.7 Å². The lowest BCUT2D eigenvalue weighted by molar-refractivity contribution is -0.123. The summed E-state index contributed by atoms with van der Waals surface area (Å²) in [6.07, 6.45) is 3.56. The number of carbonyl (C=O) groups excluding carboxylic acids is 1. The van der Waals surface area contributed by atoms with Gasteiger partial charge in [0.1, 0.15) is 0 Å². The van der Waals surface area contributed by atoms with Gasteiger partial charge in [-0.3, -0.25) is 4.79 Å². The maximum Gasteiger partial charge on any atom is 0.230 e. The summed E-state index contributed by atoms with van der Waals surface area (Å²) in [5, 5.41) is 2.96. The fourth-order valence-corrected chi connectivity index (χ4v) is 3.92. The number of hydrogen-bond donors (Lipinski definition) is 1. The third-order valence-electron chi connectivity index (χ3n) is 4.27. The number of carbonyl (C=O) groups is 1.